The predicted molar refractivity (Wildman–Crippen MR) is 290 cm³/mol. The second-order valence-electron chi connectivity index (χ2n) is 20.5. The van der Waals surface area contributed by atoms with Crippen molar-refractivity contribution in [2.75, 3.05) is 25.2 Å². The van der Waals surface area contributed by atoms with E-state index in [4.69, 9.17) is 24.7 Å². The minimum absolute atomic E-state index is 0.0176. The molecule has 0 bridgehead atoms. The molecule has 0 saturated carbocycles. The Morgan fingerprint density at radius 1 is 0.627 bits per heavy atom. The van der Waals surface area contributed by atoms with E-state index in [0.717, 1.165) is 95.7 Å². The van der Waals surface area contributed by atoms with E-state index < -0.39 is 17.3 Å². The second-order valence-corrected chi connectivity index (χ2v) is 21.0. The van der Waals surface area contributed by atoms with Crippen LogP contribution in [0.5, 0.6) is 0 Å². The highest BCUT2D eigenvalue weighted by Crippen LogP contribution is 2.33. The van der Waals surface area contributed by atoms with Crippen LogP contribution in [0.1, 0.15) is 115 Å². The Bertz CT molecular complexity index is 2930. The van der Waals surface area contributed by atoms with Gasteiger partial charge < -0.3 is 54.2 Å². The molecule has 20 heteroatoms. The number of rotatable bonds is 10. The van der Waals surface area contributed by atoms with Gasteiger partial charge in [-0.05, 0) is 156 Å². The van der Waals surface area contributed by atoms with Gasteiger partial charge in [-0.3, -0.25) is 29.3 Å². The van der Waals surface area contributed by atoms with E-state index in [-0.39, 0.29) is 55.2 Å². The molecule has 19 nitrogen and oxygen atoms in total. The first kappa shape index (κ1) is 57.7. The van der Waals surface area contributed by atoms with Crippen LogP contribution < -0.4 is 16.4 Å². The number of amides is 2. The van der Waals surface area contributed by atoms with E-state index in [1.165, 1.54) is 22.5 Å². The first-order valence-electron chi connectivity index (χ1n) is 25.8. The number of nitrogens with one attached hydrogen (secondary N) is 3. The molecule has 0 saturated heterocycles. The summed E-state index contributed by atoms with van der Waals surface area (Å²) >= 11 is 2.94. The van der Waals surface area contributed by atoms with Gasteiger partial charge in [-0.1, -0.05) is 15.9 Å². The number of alkyl carbamates (subject to hydrolysis) is 2. The molecule has 9 rings (SSSR count). The van der Waals surface area contributed by atoms with Gasteiger partial charge in [0.1, 0.15) is 29.6 Å². The van der Waals surface area contributed by atoms with Crippen LogP contribution in [0.4, 0.5) is 9.59 Å². The van der Waals surface area contributed by atoms with E-state index in [0.29, 0.717) is 31.6 Å². The fraction of sp³-hybridized carbons (Fsp3) is 0.527. The maximum absolute atomic E-state index is 12.1. The van der Waals surface area contributed by atoms with Crippen molar-refractivity contribution in [2.24, 2.45) is 5.73 Å². The van der Waals surface area contributed by atoms with Crippen molar-refractivity contribution in [3.05, 3.63) is 88.8 Å². The maximum Gasteiger partial charge on any atom is 0.407 e. The van der Waals surface area contributed by atoms with Gasteiger partial charge in [0.05, 0.1) is 52.9 Å². The van der Waals surface area contributed by atoms with Gasteiger partial charge in [-0.25, -0.2) is 9.59 Å². The van der Waals surface area contributed by atoms with Crippen LogP contribution in [-0.4, -0.2) is 114 Å². The number of pyridine rings is 3. The van der Waals surface area contributed by atoms with Crippen LogP contribution in [0.15, 0.2) is 55.0 Å². The fourth-order valence-electron chi connectivity index (χ4n) is 9.59. The molecule has 5 N–H and O–H groups in total. The number of nitrogens with zero attached hydrogens (tertiary/aromatic N) is 5. The number of nitrogens with two attached hydrogens (primary N) is 1. The standard InChI is InChI=1S/C20H27N3O4.C16H21N3O2.C15H19N3O2.C4H7BrO2/c1-5-26-17(24)12-23-15-9-8-13(22-19(25)27-20(2,3)4)11-14(15)18-16(23)7-6-10-21-18;1-16(2,3)21-15(20)18-10-6-7-12-11(9-10)14-13(19-12)5-4-8-17-14;1-2-20-14(19)9-18-12-6-5-10(16)8-11(12)15-13(18)4-3-7-17-15;1-2-7-4(6)3-5/h6-7,10,13H,5,8-9,11-12H2,1-4H3,(H,22,25);4-5,8,10,19H,6-7,9H2,1-3H3,(H,18,20);3-4,7,10H,2,5-6,8-9,16H2,1H3;2-3H2,1H3. The van der Waals surface area contributed by atoms with Gasteiger partial charge in [0.15, 0.2) is 0 Å². The van der Waals surface area contributed by atoms with Gasteiger partial charge >= 0.3 is 30.1 Å². The first-order chi connectivity index (χ1) is 35.7. The lowest BCUT2D eigenvalue weighted by atomic mass is 9.92. The summed E-state index contributed by atoms with van der Waals surface area (Å²) in [4.78, 5) is 74.9. The molecule has 2 amide bonds. The number of aromatic nitrogens is 6. The summed E-state index contributed by atoms with van der Waals surface area (Å²) in [6, 6.07) is 12.0. The molecule has 0 spiro atoms. The molecule has 0 aliphatic heterocycles. The Kier molecular flexibility index (Phi) is 20.2. The highest BCUT2D eigenvalue weighted by Gasteiger charge is 2.30. The summed E-state index contributed by atoms with van der Waals surface area (Å²) in [7, 11) is 0. The van der Waals surface area contributed by atoms with Crippen molar-refractivity contribution >= 4 is 79.1 Å². The summed E-state index contributed by atoms with van der Waals surface area (Å²) in [6.45, 7) is 18.2. The molecule has 3 unspecified atom stereocenters. The van der Waals surface area contributed by atoms with Crippen molar-refractivity contribution in [2.45, 2.75) is 163 Å². The van der Waals surface area contributed by atoms with Crippen LogP contribution in [0, 0.1) is 0 Å². The van der Waals surface area contributed by atoms with Crippen molar-refractivity contribution in [1.82, 2.24) is 39.7 Å². The average Bonchev–Trinajstić information content (AvgIpc) is 3.98. The van der Waals surface area contributed by atoms with E-state index in [1.54, 1.807) is 32.4 Å². The van der Waals surface area contributed by atoms with Gasteiger partial charge in [-0.2, -0.15) is 0 Å². The van der Waals surface area contributed by atoms with E-state index in [9.17, 15) is 24.0 Å². The van der Waals surface area contributed by atoms with Gasteiger partial charge in [0.2, 0.25) is 0 Å². The molecule has 6 heterocycles. The Hall–Kier alpha value is -6.54. The third-order valence-corrected chi connectivity index (χ3v) is 12.9. The summed E-state index contributed by atoms with van der Waals surface area (Å²) in [6.07, 6.45) is 12.1. The zero-order valence-corrected chi connectivity index (χ0v) is 46.4. The largest absolute Gasteiger partial charge is 0.465 e. The minimum atomic E-state index is -0.527. The molecule has 0 aromatic carbocycles. The molecule has 406 valence electrons. The summed E-state index contributed by atoms with van der Waals surface area (Å²) in [5.41, 5.74) is 18.0. The SMILES string of the molecule is CC(C)(C)OC(=O)NC1CCc2[nH]c3cccnc3c2C1.CCOC(=O)CBr.CCOC(=O)Cn1c2c(c3ncccc31)CC(N)CC2.CCOC(=O)Cn1c2c(c3ncccc31)CC(NC(=O)OC(C)(C)C)CC2. The van der Waals surface area contributed by atoms with Crippen molar-refractivity contribution < 1.29 is 47.7 Å². The quantitative estimate of drug-likeness (QED) is 0.0573. The molecule has 6 aromatic heterocycles. The molecule has 0 radical (unpaired) electrons. The smallest absolute Gasteiger partial charge is 0.407 e. The number of aromatic amines is 1. The lowest BCUT2D eigenvalue weighted by Crippen LogP contribution is -2.42. The van der Waals surface area contributed by atoms with Gasteiger partial charge in [0, 0.05) is 70.5 Å². The summed E-state index contributed by atoms with van der Waals surface area (Å²) in [5.74, 6) is -0.663. The summed E-state index contributed by atoms with van der Waals surface area (Å²) < 4.78 is 29.4. The molecule has 3 atom stereocenters. The topological polar surface area (TPSA) is 246 Å². The minimum Gasteiger partial charge on any atom is -0.465 e. The number of hydrogen-bond acceptors (Lipinski definition) is 14. The first-order valence-corrected chi connectivity index (χ1v) is 27.0. The maximum atomic E-state index is 12.1. The van der Waals surface area contributed by atoms with Crippen molar-refractivity contribution in [3.8, 4) is 0 Å². The lowest BCUT2D eigenvalue weighted by molar-refractivity contribution is -0.144. The van der Waals surface area contributed by atoms with Gasteiger partial charge in [0.25, 0.3) is 0 Å². The number of fused-ring (bicyclic) bond motifs is 9. The number of hydrogen-bond donors (Lipinski definition) is 4. The van der Waals surface area contributed by atoms with Crippen molar-refractivity contribution in [3.63, 3.8) is 0 Å². The van der Waals surface area contributed by atoms with E-state index >= 15 is 0 Å². The number of carbonyl (C=O) groups excluding carboxylic acids is 5. The fourth-order valence-corrected chi connectivity index (χ4v) is 9.75. The third kappa shape index (κ3) is 16.0. The zero-order chi connectivity index (χ0) is 54.5. The van der Waals surface area contributed by atoms with E-state index in [1.807, 2.05) is 94.0 Å². The Balaban J connectivity index is 0.000000174. The number of carbonyl (C=O) groups is 5. The molecular weight excluding hydrogens is 1030 g/mol. The van der Waals surface area contributed by atoms with Crippen LogP contribution in [-0.2, 0) is 89.7 Å². The molecular formula is C55H74BrN9O10. The monoisotopic (exact) mass is 1100 g/mol. The average molecular weight is 1100 g/mol. The lowest BCUT2D eigenvalue weighted by Gasteiger charge is -2.26. The van der Waals surface area contributed by atoms with Crippen LogP contribution >= 0.6 is 15.9 Å². The van der Waals surface area contributed by atoms with Crippen LogP contribution in [0.25, 0.3) is 33.1 Å². The number of aryl methyl sites for hydroxylation is 1. The second kappa shape index (κ2) is 26.3. The third-order valence-electron chi connectivity index (χ3n) is 12.5. The number of alkyl halides is 1. The molecule has 3 aliphatic rings. The normalized spacial score (nSPS) is 16.7. The Morgan fingerprint density at radius 3 is 1.55 bits per heavy atom. The molecule has 75 heavy (non-hydrogen) atoms. The number of H-pyrrole nitrogens is 1. The van der Waals surface area contributed by atoms with Gasteiger partial charge in [-0.15, -0.1) is 0 Å². The van der Waals surface area contributed by atoms with E-state index in [2.05, 4.69) is 51.2 Å². The highest BCUT2D eigenvalue weighted by atomic mass is 79.9. The number of esters is 3. The Labute approximate surface area is 446 Å². The molecule has 0 fully saturated rings. The summed E-state index contributed by atoms with van der Waals surface area (Å²) in [5, 5.41) is 6.22. The predicted octanol–water partition coefficient (Wildman–Crippen LogP) is 8.29. The Morgan fingerprint density at radius 2 is 1.07 bits per heavy atom. The number of halogens is 1. The van der Waals surface area contributed by atoms with Crippen LogP contribution in [0.2, 0.25) is 0 Å². The number of ether oxygens (including phenoxy) is 5. The van der Waals surface area contributed by atoms with Crippen LogP contribution in [0.3, 0.4) is 0 Å². The zero-order valence-electron chi connectivity index (χ0n) is 44.8. The van der Waals surface area contributed by atoms with Crippen molar-refractivity contribution in [1.29, 1.82) is 0 Å². The molecule has 3 aliphatic carbocycles. The molecule has 6 aromatic rings. The highest BCUT2D eigenvalue weighted by molar-refractivity contribution is 9.09.